The van der Waals surface area contributed by atoms with Gasteiger partial charge in [0.2, 0.25) is 0 Å². The van der Waals surface area contributed by atoms with Crippen LogP contribution in [0.3, 0.4) is 0 Å². The van der Waals surface area contributed by atoms with Crippen molar-refractivity contribution >= 4 is 17.8 Å². The minimum absolute atomic E-state index is 0.0833. The molecule has 1 aliphatic heterocycles. The van der Waals surface area contributed by atoms with Gasteiger partial charge in [-0.2, -0.15) is 5.26 Å². The predicted molar refractivity (Wildman–Crippen MR) is 67.4 cm³/mol. The van der Waals surface area contributed by atoms with Gasteiger partial charge < -0.3 is 4.57 Å². The van der Waals surface area contributed by atoms with Gasteiger partial charge in [-0.05, 0) is 11.6 Å². The molecule has 6 heteroatoms. The largest absolute Gasteiger partial charge is 0.324 e. The molecule has 17 heavy (non-hydrogen) atoms. The molecule has 1 aliphatic rings. The van der Waals surface area contributed by atoms with Gasteiger partial charge in [0.25, 0.3) is 6.00 Å². The Labute approximate surface area is 105 Å². The minimum atomic E-state index is 0.0833. The Kier molecular flexibility index (Phi) is 10.5. The normalized spacial score (nSPS) is 10.3. The van der Waals surface area contributed by atoms with E-state index in [0.29, 0.717) is 6.54 Å². The van der Waals surface area contributed by atoms with Crippen molar-refractivity contribution in [1.82, 2.24) is 9.55 Å². The summed E-state index contributed by atoms with van der Waals surface area (Å²) >= 11 is 4.83. The van der Waals surface area contributed by atoms with E-state index in [0.717, 1.165) is 6.42 Å². The third kappa shape index (κ3) is 10.2. The molecule has 0 amide bonds. The number of hydrogen-bond donors (Lipinski definition) is 0. The lowest BCUT2D eigenvalue weighted by atomic mass is 10.5. The second-order valence-corrected chi connectivity index (χ2v) is 2.86. The molecule has 5 nitrogen and oxygen atoms in total. The Morgan fingerprint density at radius 1 is 1.59 bits per heavy atom. The van der Waals surface area contributed by atoms with Crippen molar-refractivity contribution < 1.29 is 0 Å². The third-order valence-electron chi connectivity index (χ3n) is 1.41. The summed E-state index contributed by atoms with van der Waals surface area (Å²) < 4.78 is 1.71. The number of nitriles is 1. The fraction of sp³-hybridized carbons (Fsp3) is 0.273. The van der Waals surface area contributed by atoms with E-state index in [1.165, 1.54) is 0 Å². The molecule has 0 atom stereocenters. The second-order valence-electron chi connectivity index (χ2n) is 2.62. The molecule has 0 N–H and O–H groups in total. The molecule has 0 radical (unpaired) electrons. The van der Waals surface area contributed by atoms with Crippen LogP contribution in [0.15, 0.2) is 36.0 Å². The van der Waals surface area contributed by atoms with E-state index >= 15 is 0 Å². The summed E-state index contributed by atoms with van der Waals surface area (Å²) in [6.07, 6.45) is 11.7. The van der Waals surface area contributed by atoms with E-state index < -0.39 is 0 Å². The van der Waals surface area contributed by atoms with E-state index in [1.54, 1.807) is 29.5 Å². The molecule has 2 heterocycles. The van der Waals surface area contributed by atoms with Gasteiger partial charge in [-0.3, -0.25) is 9.84 Å². The van der Waals surface area contributed by atoms with Crippen LogP contribution in [0, 0.1) is 17.9 Å². The molecular formula is C11H12ClN5. The van der Waals surface area contributed by atoms with Crippen LogP contribution in [-0.2, 0) is 6.54 Å². The first-order valence-electron chi connectivity index (χ1n) is 4.73. The molecule has 0 saturated carbocycles. The lowest BCUT2D eigenvalue weighted by Gasteiger charge is -1.85. The number of alkyl halides is 1. The van der Waals surface area contributed by atoms with Gasteiger partial charge in [0.05, 0.1) is 12.4 Å². The van der Waals surface area contributed by atoms with Crippen LogP contribution in [0.4, 0.5) is 0 Å². The Morgan fingerprint density at radius 3 is 2.65 bits per heavy atom. The molecule has 2 rings (SSSR count). The van der Waals surface area contributed by atoms with Crippen molar-refractivity contribution in [2.75, 3.05) is 6.00 Å². The second kappa shape index (κ2) is 12.0. The summed E-state index contributed by atoms with van der Waals surface area (Å²) in [5.41, 5.74) is 0. The Hall–Kier alpha value is -2.11. The Morgan fingerprint density at radius 2 is 2.35 bits per heavy atom. The van der Waals surface area contributed by atoms with Crippen molar-refractivity contribution in [3.05, 3.63) is 42.4 Å². The number of aliphatic imine (C=N–C) groups is 1. The first-order chi connectivity index (χ1) is 8.35. The zero-order valence-electron chi connectivity index (χ0n) is 9.20. The lowest BCUT2D eigenvalue weighted by molar-refractivity contribution is 0.830. The molecular weight excluding hydrogens is 238 g/mol. The summed E-state index contributed by atoms with van der Waals surface area (Å²) in [6, 6.07) is 2.08. The van der Waals surface area contributed by atoms with Gasteiger partial charge >= 0.3 is 0 Å². The molecule has 0 aromatic carbocycles. The zero-order chi connectivity index (χ0) is 12.8. The monoisotopic (exact) mass is 249 g/mol. The first-order valence-corrected chi connectivity index (χ1v) is 5.27. The van der Waals surface area contributed by atoms with Gasteiger partial charge in [-0.25, -0.2) is 11.6 Å². The van der Waals surface area contributed by atoms with Crippen molar-refractivity contribution in [2.45, 2.75) is 13.0 Å². The Bertz CT molecular complexity index is 398. The minimum Gasteiger partial charge on any atom is -0.324 e. The highest BCUT2D eigenvalue weighted by atomic mass is 35.5. The number of rotatable bonds is 1. The average molecular weight is 250 g/mol. The van der Waals surface area contributed by atoms with Crippen molar-refractivity contribution in [3.63, 3.8) is 0 Å². The van der Waals surface area contributed by atoms with Crippen LogP contribution in [-0.4, -0.2) is 21.8 Å². The quantitative estimate of drug-likeness (QED) is 0.436. The van der Waals surface area contributed by atoms with Crippen LogP contribution in [0.5, 0.6) is 0 Å². The van der Waals surface area contributed by atoms with Crippen LogP contribution in [0.25, 0.3) is 4.85 Å². The van der Waals surface area contributed by atoms with Crippen LogP contribution >= 0.6 is 11.6 Å². The number of allylic oxidation sites excluding steroid dienone is 1. The van der Waals surface area contributed by atoms with E-state index in [2.05, 4.69) is 14.8 Å². The van der Waals surface area contributed by atoms with Crippen LogP contribution in [0.2, 0.25) is 0 Å². The fourth-order valence-corrected chi connectivity index (χ4v) is 0.766. The van der Waals surface area contributed by atoms with Gasteiger partial charge in [0.15, 0.2) is 0 Å². The summed E-state index contributed by atoms with van der Waals surface area (Å²) in [5, 5.41) is 8.14. The average Bonchev–Trinajstić information content (AvgIpc) is 3.05. The standard InChI is InChI=1S/C5H5N3.C4H5N.C2H2ClN/c6-1-3-8-4-2-7-5-8;1-2-4-5-3-1;1-4-2-3/h2,4-5H,3H2;1,3-4H,2H2;2H2. The molecule has 0 bridgehead atoms. The zero-order valence-corrected chi connectivity index (χ0v) is 9.96. The van der Waals surface area contributed by atoms with Gasteiger partial charge in [-0.15, -0.1) is 0 Å². The molecule has 1 aromatic heterocycles. The highest BCUT2D eigenvalue weighted by Gasteiger charge is 1.81. The first kappa shape index (κ1) is 14.9. The van der Waals surface area contributed by atoms with Crippen molar-refractivity contribution in [1.29, 1.82) is 5.26 Å². The number of halogens is 1. The molecule has 88 valence electrons. The van der Waals surface area contributed by atoms with Crippen LogP contribution in [0.1, 0.15) is 6.42 Å². The summed E-state index contributed by atoms with van der Waals surface area (Å²) in [6.45, 7) is 6.33. The number of aromatic nitrogens is 2. The van der Waals surface area contributed by atoms with Gasteiger partial charge in [0, 0.05) is 31.2 Å². The predicted octanol–water partition coefficient (Wildman–Crippen LogP) is 2.48. The molecule has 0 spiro atoms. The number of hydrogen-bond acceptors (Lipinski definition) is 3. The maximum absolute atomic E-state index is 8.14. The highest BCUT2D eigenvalue weighted by Crippen LogP contribution is 1.86. The molecule has 0 fully saturated rings. The van der Waals surface area contributed by atoms with Crippen molar-refractivity contribution in [3.8, 4) is 6.07 Å². The van der Waals surface area contributed by atoms with Crippen LogP contribution < -0.4 is 0 Å². The number of nitrogens with zero attached hydrogens (tertiary/aromatic N) is 5. The van der Waals surface area contributed by atoms with E-state index in [-0.39, 0.29) is 6.00 Å². The lowest BCUT2D eigenvalue weighted by Crippen LogP contribution is -1.88. The summed E-state index contributed by atoms with van der Waals surface area (Å²) in [4.78, 5) is 10.3. The highest BCUT2D eigenvalue weighted by molar-refractivity contribution is 6.18. The smallest absolute Gasteiger partial charge is 0.288 e. The molecule has 0 aliphatic carbocycles. The van der Waals surface area contributed by atoms with E-state index in [4.69, 9.17) is 23.4 Å². The van der Waals surface area contributed by atoms with Gasteiger partial charge in [0.1, 0.15) is 6.54 Å². The Balaban J connectivity index is 0.000000246. The summed E-state index contributed by atoms with van der Waals surface area (Å²) in [5.74, 6) is 0. The maximum atomic E-state index is 8.14. The maximum Gasteiger partial charge on any atom is 0.288 e. The summed E-state index contributed by atoms with van der Waals surface area (Å²) in [7, 11) is 0. The van der Waals surface area contributed by atoms with Crippen molar-refractivity contribution in [2.24, 2.45) is 4.99 Å². The van der Waals surface area contributed by atoms with E-state index in [1.807, 2.05) is 18.4 Å². The fourth-order valence-electron chi connectivity index (χ4n) is 0.766. The third-order valence-corrected chi connectivity index (χ3v) is 1.53. The van der Waals surface area contributed by atoms with E-state index in [9.17, 15) is 0 Å². The number of imidazole rings is 1. The molecule has 1 aromatic rings. The molecule has 0 unspecified atom stereocenters. The topological polar surface area (TPSA) is 58.3 Å². The SMILES string of the molecule is C1=CN=CC1.N#CCn1ccnc1.[C-]#[N+]CCl. The molecule has 0 saturated heterocycles. The van der Waals surface area contributed by atoms with Gasteiger partial charge in [-0.1, -0.05) is 6.08 Å².